The SMILES string of the molecule is [CH3][Sn]([CH3])([CH3])[C](=C1CC1)N1C(=O)OC[C@@H]1c1ccccc1. The predicted molar refractivity (Wildman–Crippen MR) is 82.0 cm³/mol. The number of ether oxygens (including phenoxy) is 1. The second-order valence-electron chi connectivity index (χ2n) is 6.58. The molecule has 0 N–H and O–H groups in total. The van der Waals surface area contributed by atoms with E-state index in [1.807, 2.05) is 23.1 Å². The third-order valence-electron chi connectivity index (χ3n) is 3.84. The van der Waals surface area contributed by atoms with Crippen molar-refractivity contribution < 1.29 is 9.53 Å². The molecule has 106 valence electrons. The van der Waals surface area contributed by atoms with Crippen LogP contribution < -0.4 is 0 Å². The topological polar surface area (TPSA) is 29.5 Å². The molecule has 3 nitrogen and oxygen atoms in total. The first-order valence-corrected chi connectivity index (χ1v) is 17.2. The number of amides is 1. The molecule has 4 heteroatoms. The monoisotopic (exact) mass is 379 g/mol. The van der Waals surface area contributed by atoms with Crippen molar-refractivity contribution in [3.8, 4) is 0 Å². The van der Waals surface area contributed by atoms with Crippen LogP contribution in [0.25, 0.3) is 0 Å². The molecule has 3 rings (SSSR count). The summed E-state index contributed by atoms with van der Waals surface area (Å²) < 4.78 is 6.74. The Morgan fingerprint density at radius 3 is 2.40 bits per heavy atom. The number of carbonyl (C=O) groups is 1. The Morgan fingerprint density at radius 1 is 1.20 bits per heavy atom. The number of cyclic esters (lactones) is 1. The number of allylic oxidation sites excluding steroid dienone is 1. The van der Waals surface area contributed by atoms with Gasteiger partial charge in [-0.15, -0.1) is 0 Å². The van der Waals surface area contributed by atoms with Gasteiger partial charge in [0, 0.05) is 0 Å². The first-order chi connectivity index (χ1) is 9.48. The Bertz CT molecular complexity index is 554. The number of benzene rings is 1. The molecule has 0 aromatic heterocycles. The molecular weight excluding hydrogens is 357 g/mol. The van der Waals surface area contributed by atoms with Crippen LogP contribution in [0.1, 0.15) is 24.4 Å². The van der Waals surface area contributed by atoms with Gasteiger partial charge in [0.05, 0.1) is 0 Å². The molecule has 1 atom stereocenters. The summed E-state index contributed by atoms with van der Waals surface area (Å²) in [5.74, 6) is 0. The van der Waals surface area contributed by atoms with E-state index >= 15 is 0 Å². The fourth-order valence-corrected chi connectivity index (χ4v) is 9.46. The van der Waals surface area contributed by atoms with Crippen LogP contribution in [-0.4, -0.2) is 36.0 Å². The molecule has 2 fully saturated rings. The van der Waals surface area contributed by atoms with Gasteiger partial charge < -0.3 is 0 Å². The second-order valence-corrected chi connectivity index (χ2v) is 20.8. The summed E-state index contributed by atoms with van der Waals surface area (Å²) in [6, 6.07) is 10.3. The molecule has 1 aliphatic heterocycles. The molecule has 1 aliphatic carbocycles. The molecular formula is C16H21NO2Sn. The van der Waals surface area contributed by atoms with E-state index in [4.69, 9.17) is 4.74 Å². The van der Waals surface area contributed by atoms with Crippen LogP contribution in [0.3, 0.4) is 0 Å². The summed E-state index contributed by atoms with van der Waals surface area (Å²) in [5, 5.41) is 0. The van der Waals surface area contributed by atoms with Crippen LogP contribution in [0.2, 0.25) is 14.8 Å². The maximum absolute atomic E-state index is 12.3. The van der Waals surface area contributed by atoms with Crippen LogP contribution in [0.5, 0.6) is 0 Å². The van der Waals surface area contributed by atoms with Crippen molar-refractivity contribution >= 4 is 24.5 Å². The van der Waals surface area contributed by atoms with E-state index < -0.39 is 18.4 Å². The van der Waals surface area contributed by atoms with Crippen LogP contribution in [0, 0.1) is 0 Å². The van der Waals surface area contributed by atoms with Gasteiger partial charge in [-0.05, 0) is 0 Å². The summed E-state index contributed by atoms with van der Waals surface area (Å²) in [7, 11) is 0. The maximum atomic E-state index is 12.3. The zero-order valence-corrected chi connectivity index (χ0v) is 15.2. The molecule has 20 heavy (non-hydrogen) atoms. The standard InChI is InChI=1S/C13H12NO2.3CH3.Sn/c15-13-14(8-10-6-7-10)12(9-16-13)11-4-2-1-3-5-11;;;;/h1-5,12H,6-7,9H2;3*1H3;/t12-;;;;/m1..../s1. The van der Waals surface area contributed by atoms with Gasteiger partial charge in [-0.25, -0.2) is 0 Å². The van der Waals surface area contributed by atoms with Gasteiger partial charge in [-0.2, -0.15) is 0 Å². The van der Waals surface area contributed by atoms with Crippen LogP contribution in [0.4, 0.5) is 4.79 Å². The fraction of sp³-hybridized carbons (Fsp3) is 0.438. The molecule has 1 aromatic rings. The molecule has 0 spiro atoms. The zero-order valence-electron chi connectivity index (χ0n) is 12.3. The third-order valence-corrected chi connectivity index (χ3v) is 9.60. The van der Waals surface area contributed by atoms with E-state index in [0.717, 1.165) is 12.8 Å². The molecule has 0 radical (unpaired) electrons. The van der Waals surface area contributed by atoms with Crippen molar-refractivity contribution in [3.63, 3.8) is 0 Å². The quantitative estimate of drug-likeness (QED) is 0.742. The van der Waals surface area contributed by atoms with E-state index in [-0.39, 0.29) is 12.1 Å². The summed E-state index contributed by atoms with van der Waals surface area (Å²) in [5.41, 5.74) is 2.67. The third kappa shape index (κ3) is 2.60. The summed E-state index contributed by atoms with van der Waals surface area (Å²) >= 11 is -2.34. The number of hydrogen-bond donors (Lipinski definition) is 0. The Morgan fingerprint density at radius 2 is 1.85 bits per heavy atom. The summed E-state index contributed by atoms with van der Waals surface area (Å²) in [6.07, 6.45) is 2.17. The van der Waals surface area contributed by atoms with Crippen molar-refractivity contribution in [2.24, 2.45) is 0 Å². The molecule has 0 unspecified atom stereocenters. The van der Waals surface area contributed by atoms with E-state index in [1.165, 1.54) is 14.8 Å². The number of nitrogens with zero attached hydrogens (tertiary/aromatic N) is 1. The van der Waals surface area contributed by atoms with Gasteiger partial charge >= 0.3 is 124 Å². The van der Waals surface area contributed by atoms with Crippen molar-refractivity contribution in [2.75, 3.05) is 6.61 Å². The van der Waals surface area contributed by atoms with Crippen LogP contribution in [-0.2, 0) is 4.74 Å². The van der Waals surface area contributed by atoms with Crippen LogP contribution in [0.15, 0.2) is 39.6 Å². The average Bonchev–Trinajstić information content (AvgIpc) is 3.14. The molecule has 1 saturated carbocycles. The van der Waals surface area contributed by atoms with Gasteiger partial charge in [-0.3, -0.25) is 0 Å². The first kappa shape index (κ1) is 14.0. The van der Waals surface area contributed by atoms with Crippen molar-refractivity contribution in [3.05, 3.63) is 45.2 Å². The molecule has 0 bridgehead atoms. The number of rotatable bonds is 3. The molecule has 1 heterocycles. The van der Waals surface area contributed by atoms with Crippen molar-refractivity contribution in [1.82, 2.24) is 4.90 Å². The van der Waals surface area contributed by atoms with Gasteiger partial charge in [0.15, 0.2) is 0 Å². The van der Waals surface area contributed by atoms with Crippen molar-refractivity contribution in [1.29, 1.82) is 0 Å². The average molecular weight is 378 g/mol. The van der Waals surface area contributed by atoms with E-state index in [2.05, 4.69) is 27.0 Å². The van der Waals surface area contributed by atoms with Gasteiger partial charge in [0.25, 0.3) is 0 Å². The van der Waals surface area contributed by atoms with E-state index in [9.17, 15) is 4.79 Å². The normalized spacial score (nSPS) is 21.9. The zero-order chi connectivity index (χ0) is 14.3. The Balaban J connectivity index is 2.01. The molecule has 1 saturated heterocycles. The van der Waals surface area contributed by atoms with Crippen molar-refractivity contribution in [2.45, 2.75) is 33.7 Å². The summed E-state index contributed by atoms with van der Waals surface area (Å²) in [4.78, 5) is 21.4. The Labute approximate surface area is 124 Å². The first-order valence-electron chi connectivity index (χ1n) is 7.22. The van der Waals surface area contributed by atoms with Gasteiger partial charge in [0.1, 0.15) is 0 Å². The molecule has 1 aromatic carbocycles. The number of hydrogen-bond acceptors (Lipinski definition) is 2. The minimum absolute atomic E-state index is 0.0581. The van der Waals surface area contributed by atoms with Crippen LogP contribution >= 0.6 is 0 Å². The Hall–Kier alpha value is -0.971. The van der Waals surface area contributed by atoms with Gasteiger partial charge in [0.2, 0.25) is 0 Å². The molecule has 1 amide bonds. The predicted octanol–water partition coefficient (Wildman–Crippen LogP) is 4.11. The molecule has 2 aliphatic rings. The van der Waals surface area contributed by atoms with Gasteiger partial charge in [-0.1, -0.05) is 0 Å². The fourth-order valence-electron chi connectivity index (χ4n) is 2.95. The summed E-state index contributed by atoms with van der Waals surface area (Å²) in [6.45, 7) is 0.474. The van der Waals surface area contributed by atoms with E-state index in [0.29, 0.717) is 6.61 Å². The number of carbonyl (C=O) groups excluding carboxylic acids is 1. The minimum atomic E-state index is -2.34. The van der Waals surface area contributed by atoms with E-state index in [1.54, 1.807) is 0 Å². The Kier molecular flexibility index (Phi) is 3.56. The second kappa shape index (κ2) is 5.10.